The lowest BCUT2D eigenvalue weighted by Gasteiger charge is -2.06. The quantitative estimate of drug-likeness (QED) is 0.580. The lowest BCUT2D eigenvalue weighted by atomic mass is 10.2. The fraction of sp³-hybridized carbons (Fsp3) is 0. The smallest absolute Gasteiger partial charge is 0.198 e. The Morgan fingerprint density at radius 2 is 2.06 bits per heavy atom. The van der Waals surface area contributed by atoms with Gasteiger partial charge in [-0.3, -0.25) is 4.79 Å². The minimum Gasteiger partial charge on any atom is -0.288 e. The van der Waals surface area contributed by atoms with Crippen molar-refractivity contribution in [1.29, 1.82) is 0 Å². The molecule has 0 N–H and O–H groups in total. The van der Waals surface area contributed by atoms with Crippen LogP contribution in [0.25, 0.3) is 20.8 Å². The molecule has 1 heterocycles. The summed E-state index contributed by atoms with van der Waals surface area (Å²) in [5, 5.41) is 0.214. The summed E-state index contributed by atoms with van der Waals surface area (Å²) in [6.45, 7) is 0. The predicted molar refractivity (Wildman–Crippen MR) is 75.2 cm³/mol. The van der Waals surface area contributed by atoms with Gasteiger partial charge in [-0.15, -0.1) is 11.3 Å². The van der Waals surface area contributed by atoms with Crippen LogP contribution < -0.4 is 5.43 Å². The van der Waals surface area contributed by atoms with Crippen molar-refractivity contribution in [3.8, 4) is 10.6 Å². The van der Waals surface area contributed by atoms with E-state index in [9.17, 15) is 4.79 Å². The molecule has 2 nitrogen and oxygen atoms in total. The Kier molecular flexibility index (Phi) is 2.65. The lowest BCUT2D eigenvalue weighted by molar-refractivity contribution is 1.40. The van der Waals surface area contributed by atoms with E-state index in [0.717, 1.165) is 25.3 Å². The van der Waals surface area contributed by atoms with Gasteiger partial charge in [0.15, 0.2) is 5.43 Å². The first-order valence-corrected chi connectivity index (χ1v) is 6.82. The number of rotatable bonds is 0. The maximum Gasteiger partial charge on any atom is 0.198 e. The van der Waals surface area contributed by atoms with Crippen molar-refractivity contribution in [1.82, 2.24) is 4.98 Å². The Hall–Kier alpha value is -0.970. The average molecular weight is 327 g/mol. The van der Waals surface area contributed by atoms with Crippen LogP contribution >= 0.6 is 38.9 Å². The summed E-state index contributed by atoms with van der Waals surface area (Å²) in [5.41, 5.74) is 1.49. The molecular formula is C12H5BrClNOS. The molecule has 1 aliphatic heterocycles. The van der Waals surface area contributed by atoms with Gasteiger partial charge in [0.2, 0.25) is 0 Å². The molecule has 0 atom stereocenters. The van der Waals surface area contributed by atoms with Crippen LogP contribution in [-0.2, 0) is 0 Å². The molecular weight excluding hydrogens is 322 g/mol. The highest BCUT2D eigenvalue weighted by molar-refractivity contribution is 9.10. The van der Waals surface area contributed by atoms with Crippen LogP contribution in [0.2, 0.25) is 5.02 Å². The number of benzene rings is 2. The first kappa shape index (κ1) is 11.1. The third-order valence-corrected chi connectivity index (χ3v) is 4.30. The van der Waals surface area contributed by atoms with Crippen LogP contribution in [0.3, 0.4) is 0 Å². The lowest BCUT2D eigenvalue weighted by Crippen LogP contribution is -2.01. The van der Waals surface area contributed by atoms with Gasteiger partial charge in [0.05, 0.1) is 25.8 Å². The maximum atomic E-state index is 11.5. The van der Waals surface area contributed by atoms with Crippen molar-refractivity contribution in [2.45, 2.75) is 0 Å². The molecule has 0 fully saturated rings. The molecule has 84 valence electrons. The molecule has 5 heteroatoms. The minimum atomic E-state index is -0.159. The van der Waals surface area contributed by atoms with Gasteiger partial charge in [-0.2, -0.15) is 0 Å². The number of hydrogen-bond donors (Lipinski definition) is 0. The highest BCUT2D eigenvalue weighted by Gasteiger charge is 2.10. The van der Waals surface area contributed by atoms with Crippen LogP contribution in [0.1, 0.15) is 0 Å². The normalized spacial score (nSPS) is 11.2. The second kappa shape index (κ2) is 4.05. The second-order valence-corrected chi connectivity index (χ2v) is 5.98. The van der Waals surface area contributed by atoms with Gasteiger partial charge in [-0.25, -0.2) is 4.98 Å². The largest absolute Gasteiger partial charge is 0.288 e. The number of fused-ring (bicyclic) bond motifs is 2. The Bertz CT molecular complexity index is 755. The van der Waals surface area contributed by atoms with Gasteiger partial charge in [0, 0.05) is 10.5 Å². The molecule has 2 aliphatic rings. The van der Waals surface area contributed by atoms with Crippen LogP contribution in [0.4, 0.5) is 0 Å². The summed E-state index contributed by atoms with van der Waals surface area (Å²) in [4.78, 5) is 16.8. The molecule has 1 aliphatic carbocycles. The van der Waals surface area contributed by atoms with Crippen molar-refractivity contribution in [3.05, 3.63) is 50.1 Å². The number of nitrogens with zero attached hydrogens (tertiary/aromatic N) is 1. The van der Waals surface area contributed by atoms with E-state index in [1.807, 2.05) is 18.2 Å². The summed E-state index contributed by atoms with van der Waals surface area (Å²) < 4.78 is 2.03. The molecule has 0 spiro atoms. The van der Waals surface area contributed by atoms with Crippen LogP contribution in [-0.4, -0.2) is 4.98 Å². The van der Waals surface area contributed by atoms with Gasteiger partial charge in [-0.1, -0.05) is 27.5 Å². The third-order valence-electron chi connectivity index (χ3n) is 2.40. The fourth-order valence-electron chi connectivity index (χ4n) is 1.61. The molecule has 0 saturated heterocycles. The van der Waals surface area contributed by atoms with Crippen LogP contribution in [0, 0.1) is 0 Å². The highest BCUT2D eigenvalue weighted by Crippen LogP contribution is 2.31. The Morgan fingerprint density at radius 1 is 1.24 bits per heavy atom. The van der Waals surface area contributed by atoms with E-state index in [1.165, 1.54) is 6.07 Å². The van der Waals surface area contributed by atoms with Crippen LogP contribution in [0.15, 0.2) is 39.6 Å². The van der Waals surface area contributed by atoms with Crippen molar-refractivity contribution in [3.63, 3.8) is 0 Å². The summed E-state index contributed by atoms with van der Waals surface area (Å²) in [5.74, 6) is 0. The highest BCUT2D eigenvalue weighted by atomic mass is 79.9. The minimum absolute atomic E-state index is 0.159. The number of aromatic nitrogens is 1. The maximum absolute atomic E-state index is 11.5. The second-order valence-electron chi connectivity index (χ2n) is 3.58. The Morgan fingerprint density at radius 3 is 2.88 bits per heavy atom. The van der Waals surface area contributed by atoms with E-state index in [-0.39, 0.29) is 10.5 Å². The van der Waals surface area contributed by atoms with Gasteiger partial charge in [0.1, 0.15) is 0 Å². The predicted octanol–water partition coefficient (Wildman–Crippen LogP) is 4.18. The summed E-state index contributed by atoms with van der Waals surface area (Å²) >= 11 is 10.8. The van der Waals surface area contributed by atoms with Crippen molar-refractivity contribution in [2.75, 3.05) is 0 Å². The van der Waals surface area contributed by atoms with Gasteiger partial charge in [-0.05, 0) is 24.3 Å². The Labute approximate surface area is 114 Å². The van der Waals surface area contributed by atoms with Crippen LogP contribution in [0.5, 0.6) is 0 Å². The van der Waals surface area contributed by atoms with E-state index >= 15 is 0 Å². The third kappa shape index (κ3) is 1.97. The van der Waals surface area contributed by atoms with Crippen molar-refractivity contribution in [2.24, 2.45) is 0 Å². The van der Waals surface area contributed by atoms with E-state index in [2.05, 4.69) is 20.9 Å². The SMILES string of the molecule is O=c1cc2sc3ccc(Br)cc3nc-2cc1Cl. The average Bonchev–Trinajstić information content (AvgIpc) is 2.28. The zero-order chi connectivity index (χ0) is 12.0. The standard InChI is InChI=1S/C12H5BrClNOS/c13-6-1-2-11-8(3-6)15-9-4-7(14)10(16)5-12(9)17-11/h1-5H. The van der Waals surface area contributed by atoms with E-state index in [0.29, 0.717) is 0 Å². The molecule has 3 rings (SSSR count). The van der Waals surface area contributed by atoms with E-state index in [4.69, 9.17) is 11.6 Å². The van der Waals surface area contributed by atoms with Gasteiger partial charge in [0.25, 0.3) is 0 Å². The number of halogens is 2. The zero-order valence-corrected chi connectivity index (χ0v) is 11.6. The van der Waals surface area contributed by atoms with Crippen molar-refractivity contribution >= 4 is 49.1 Å². The zero-order valence-electron chi connectivity index (χ0n) is 8.41. The van der Waals surface area contributed by atoms with Gasteiger partial charge >= 0.3 is 0 Å². The molecule has 0 radical (unpaired) electrons. The molecule has 0 amide bonds. The first-order chi connectivity index (χ1) is 8.13. The summed E-state index contributed by atoms with van der Waals surface area (Å²) in [6.07, 6.45) is 0. The molecule has 17 heavy (non-hydrogen) atoms. The van der Waals surface area contributed by atoms with Crippen molar-refractivity contribution < 1.29 is 0 Å². The van der Waals surface area contributed by atoms with E-state index in [1.54, 1.807) is 17.4 Å². The number of hydrogen-bond acceptors (Lipinski definition) is 3. The van der Waals surface area contributed by atoms with Gasteiger partial charge < -0.3 is 0 Å². The monoisotopic (exact) mass is 325 g/mol. The fourth-order valence-corrected chi connectivity index (χ4v) is 3.07. The molecule has 1 aromatic carbocycles. The first-order valence-electron chi connectivity index (χ1n) is 4.83. The Balaban J connectivity index is 2.45. The van der Waals surface area contributed by atoms with E-state index < -0.39 is 0 Å². The summed E-state index contributed by atoms with van der Waals surface area (Å²) in [7, 11) is 0. The molecule has 0 aromatic heterocycles. The molecule has 1 aromatic rings. The molecule has 0 unspecified atom stereocenters. The molecule has 0 bridgehead atoms. The summed E-state index contributed by atoms with van der Waals surface area (Å²) in [6, 6.07) is 9.05. The topological polar surface area (TPSA) is 30.0 Å². The molecule has 0 saturated carbocycles.